The number of nitrogens with zero attached hydrogens (tertiary/aromatic N) is 1. The topological polar surface area (TPSA) is 20.7 Å². The van der Waals surface area contributed by atoms with Crippen LogP contribution in [-0.4, -0.2) is 9.55 Å². The third kappa shape index (κ3) is 2.82. The van der Waals surface area contributed by atoms with Crippen LogP contribution < -0.4 is 0 Å². The van der Waals surface area contributed by atoms with Crippen molar-refractivity contribution in [2.45, 2.75) is 13.0 Å². The van der Waals surface area contributed by atoms with Gasteiger partial charge in [-0.25, -0.2) is 0 Å². The lowest BCUT2D eigenvalue weighted by molar-refractivity contribution is 0.706. The molecule has 1 aromatic heterocycles. The van der Waals surface area contributed by atoms with Gasteiger partial charge in [-0.15, -0.1) is 0 Å². The second-order valence-corrected chi connectivity index (χ2v) is 6.36. The Hall–Kier alpha value is -1.10. The van der Waals surface area contributed by atoms with Crippen molar-refractivity contribution in [1.29, 1.82) is 0 Å². The van der Waals surface area contributed by atoms with Gasteiger partial charge in [0.1, 0.15) is 0 Å². The second-order valence-electron chi connectivity index (χ2n) is 4.62. The molecule has 0 saturated heterocycles. The SMILES string of the molecule is S=c1[nH]c2cc(Br)ccc2n1CCc1ccc(Cl)cc1. The summed E-state index contributed by atoms with van der Waals surface area (Å²) in [6.07, 6.45) is 0.925. The van der Waals surface area contributed by atoms with Crippen molar-refractivity contribution in [2.75, 3.05) is 0 Å². The molecule has 2 nitrogen and oxygen atoms in total. The van der Waals surface area contributed by atoms with E-state index in [9.17, 15) is 0 Å². The monoisotopic (exact) mass is 366 g/mol. The zero-order valence-electron chi connectivity index (χ0n) is 10.6. The van der Waals surface area contributed by atoms with Crippen LogP contribution in [0, 0.1) is 4.77 Å². The minimum Gasteiger partial charge on any atom is -0.331 e. The molecule has 0 radical (unpaired) electrons. The number of halogens is 2. The van der Waals surface area contributed by atoms with Gasteiger partial charge in [-0.05, 0) is 54.5 Å². The highest BCUT2D eigenvalue weighted by molar-refractivity contribution is 9.10. The van der Waals surface area contributed by atoms with Crippen LogP contribution in [0.5, 0.6) is 0 Å². The summed E-state index contributed by atoms with van der Waals surface area (Å²) in [6, 6.07) is 14.1. The molecule has 2 aromatic carbocycles. The van der Waals surface area contributed by atoms with Crippen LogP contribution in [0.2, 0.25) is 5.02 Å². The normalized spacial score (nSPS) is 11.1. The fourth-order valence-corrected chi connectivity index (χ4v) is 3.04. The van der Waals surface area contributed by atoms with Gasteiger partial charge < -0.3 is 9.55 Å². The van der Waals surface area contributed by atoms with Crippen LogP contribution in [0.1, 0.15) is 5.56 Å². The average molecular weight is 368 g/mol. The van der Waals surface area contributed by atoms with Crippen molar-refractivity contribution >= 4 is 50.8 Å². The molecule has 1 N–H and O–H groups in total. The predicted molar refractivity (Wildman–Crippen MR) is 90.0 cm³/mol. The molecule has 0 atom stereocenters. The van der Waals surface area contributed by atoms with Gasteiger partial charge in [0.05, 0.1) is 11.0 Å². The number of aromatic amines is 1. The van der Waals surface area contributed by atoms with Gasteiger partial charge in [-0.1, -0.05) is 39.7 Å². The molecule has 0 bridgehead atoms. The van der Waals surface area contributed by atoms with E-state index in [1.807, 2.05) is 24.3 Å². The van der Waals surface area contributed by atoms with Gasteiger partial charge in [0, 0.05) is 16.0 Å². The van der Waals surface area contributed by atoms with Gasteiger partial charge in [0.2, 0.25) is 0 Å². The van der Waals surface area contributed by atoms with Crippen LogP contribution in [0.3, 0.4) is 0 Å². The molecule has 0 saturated carbocycles. The Labute approximate surface area is 135 Å². The van der Waals surface area contributed by atoms with E-state index < -0.39 is 0 Å². The van der Waals surface area contributed by atoms with Crippen LogP contribution in [0.15, 0.2) is 46.9 Å². The minimum atomic E-state index is 0.757. The van der Waals surface area contributed by atoms with Gasteiger partial charge in [0.25, 0.3) is 0 Å². The standard InChI is InChI=1S/C15H12BrClN2S/c16-11-3-6-14-13(9-11)18-15(20)19(14)8-7-10-1-4-12(17)5-2-10/h1-6,9H,7-8H2,(H,18,20). The number of H-pyrrole nitrogens is 1. The van der Waals surface area contributed by atoms with Gasteiger partial charge in [-0.3, -0.25) is 0 Å². The fourth-order valence-electron chi connectivity index (χ4n) is 2.25. The number of aromatic nitrogens is 2. The summed E-state index contributed by atoms with van der Waals surface area (Å²) >= 11 is 14.8. The maximum Gasteiger partial charge on any atom is 0.178 e. The van der Waals surface area contributed by atoms with E-state index in [1.54, 1.807) is 0 Å². The lowest BCUT2D eigenvalue weighted by Crippen LogP contribution is -2.01. The Bertz CT molecular complexity index is 805. The van der Waals surface area contributed by atoms with E-state index in [0.29, 0.717) is 0 Å². The van der Waals surface area contributed by atoms with Crippen LogP contribution in [0.4, 0.5) is 0 Å². The molecule has 1 heterocycles. The molecular formula is C15H12BrClN2S. The molecule has 0 spiro atoms. The van der Waals surface area contributed by atoms with Crippen molar-refractivity contribution in [1.82, 2.24) is 9.55 Å². The summed E-state index contributed by atoms with van der Waals surface area (Å²) in [5, 5.41) is 0.766. The number of imidazole rings is 1. The summed E-state index contributed by atoms with van der Waals surface area (Å²) in [7, 11) is 0. The van der Waals surface area contributed by atoms with E-state index >= 15 is 0 Å². The zero-order chi connectivity index (χ0) is 14.1. The van der Waals surface area contributed by atoms with Crippen molar-refractivity contribution in [2.24, 2.45) is 0 Å². The third-order valence-corrected chi connectivity index (χ3v) is 4.34. The zero-order valence-corrected chi connectivity index (χ0v) is 13.7. The number of hydrogen-bond acceptors (Lipinski definition) is 1. The number of nitrogens with one attached hydrogen (secondary N) is 1. The first-order valence-electron chi connectivity index (χ1n) is 6.26. The Morgan fingerprint density at radius 1 is 1.15 bits per heavy atom. The number of rotatable bonds is 3. The van der Waals surface area contributed by atoms with E-state index in [2.05, 4.69) is 43.7 Å². The molecule has 0 unspecified atom stereocenters. The summed E-state index contributed by atoms with van der Waals surface area (Å²) in [5.41, 5.74) is 3.44. The Morgan fingerprint density at radius 2 is 1.90 bits per heavy atom. The smallest absolute Gasteiger partial charge is 0.178 e. The number of fused-ring (bicyclic) bond motifs is 1. The molecule has 0 aliphatic rings. The summed E-state index contributed by atoms with van der Waals surface area (Å²) in [5.74, 6) is 0. The molecule has 3 rings (SSSR count). The molecule has 0 aliphatic heterocycles. The molecule has 0 aliphatic carbocycles. The predicted octanol–water partition coefficient (Wildman–Crippen LogP) is 5.36. The lowest BCUT2D eigenvalue weighted by atomic mass is 10.1. The van der Waals surface area contributed by atoms with Crippen molar-refractivity contribution < 1.29 is 0 Å². The Morgan fingerprint density at radius 3 is 2.65 bits per heavy atom. The third-order valence-electron chi connectivity index (χ3n) is 3.27. The molecular weight excluding hydrogens is 356 g/mol. The molecule has 0 fully saturated rings. The Kier molecular flexibility index (Phi) is 3.96. The fraction of sp³-hybridized carbons (Fsp3) is 0.133. The van der Waals surface area contributed by atoms with E-state index in [4.69, 9.17) is 23.8 Å². The maximum atomic E-state index is 5.90. The Balaban J connectivity index is 1.89. The lowest BCUT2D eigenvalue weighted by Gasteiger charge is -2.05. The summed E-state index contributed by atoms with van der Waals surface area (Å²) in [4.78, 5) is 3.24. The highest BCUT2D eigenvalue weighted by Crippen LogP contribution is 2.20. The van der Waals surface area contributed by atoms with Crippen LogP contribution in [0.25, 0.3) is 11.0 Å². The summed E-state index contributed by atoms with van der Waals surface area (Å²) in [6.45, 7) is 0.849. The number of hydrogen-bond donors (Lipinski definition) is 1. The number of aryl methyl sites for hydroxylation is 2. The minimum absolute atomic E-state index is 0.757. The number of benzene rings is 2. The molecule has 5 heteroatoms. The summed E-state index contributed by atoms with van der Waals surface area (Å²) < 4.78 is 3.93. The highest BCUT2D eigenvalue weighted by Gasteiger charge is 2.05. The average Bonchev–Trinajstić information content (AvgIpc) is 2.73. The van der Waals surface area contributed by atoms with Crippen molar-refractivity contribution in [3.8, 4) is 0 Å². The molecule has 3 aromatic rings. The van der Waals surface area contributed by atoms with E-state index in [-0.39, 0.29) is 0 Å². The van der Waals surface area contributed by atoms with Crippen molar-refractivity contribution in [3.05, 3.63) is 62.3 Å². The van der Waals surface area contributed by atoms with Crippen LogP contribution >= 0.6 is 39.7 Å². The molecule has 20 heavy (non-hydrogen) atoms. The largest absolute Gasteiger partial charge is 0.331 e. The quantitative estimate of drug-likeness (QED) is 0.618. The van der Waals surface area contributed by atoms with Gasteiger partial charge >= 0.3 is 0 Å². The van der Waals surface area contributed by atoms with Gasteiger partial charge in [0.15, 0.2) is 4.77 Å². The molecule has 0 amide bonds. The van der Waals surface area contributed by atoms with Gasteiger partial charge in [-0.2, -0.15) is 0 Å². The van der Waals surface area contributed by atoms with Crippen molar-refractivity contribution in [3.63, 3.8) is 0 Å². The van der Waals surface area contributed by atoms with E-state index in [1.165, 1.54) is 5.56 Å². The first-order chi connectivity index (χ1) is 9.63. The molecule has 102 valence electrons. The first kappa shape index (κ1) is 13.9. The van der Waals surface area contributed by atoms with E-state index in [0.717, 1.165) is 38.3 Å². The second kappa shape index (κ2) is 5.72. The van der Waals surface area contributed by atoms with Crippen LogP contribution in [-0.2, 0) is 13.0 Å². The first-order valence-corrected chi connectivity index (χ1v) is 7.84. The highest BCUT2D eigenvalue weighted by atomic mass is 79.9. The maximum absolute atomic E-state index is 5.90.